The van der Waals surface area contributed by atoms with Crippen molar-refractivity contribution >= 4 is 17.8 Å². The number of aliphatic carboxylic acids is 1. The van der Waals surface area contributed by atoms with Gasteiger partial charge >= 0.3 is 5.97 Å². The average Bonchev–Trinajstić information content (AvgIpc) is 3.21. The summed E-state index contributed by atoms with van der Waals surface area (Å²) in [7, 11) is 0. The number of nitrogens with zero attached hydrogens (tertiary/aromatic N) is 2. The van der Waals surface area contributed by atoms with E-state index in [0.717, 1.165) is 13.0 Å². The van der Waals surface area contributed by atoms with Crippen LogP contribution < -0.4 is 0 Å². The Morgan fingerprint density at radius 3 is 2.12 bits per heavy atom. The van der Waals surface area contributed by atoms with Crippen LogP contribution >= 0.6 is 0 Å². The Balaban J connectivity index is 1.48. The summed E-state index contributed by atoms with van der Waals surface area (Å²) in [5.74, 6) is -0.413. The minimum atomic E-state index is -0.783. The monoisotopic (exact) mass is 350 g/mol. The van der Waals surface area contributed by atoms with Crippen molar-refractivity contribution in [3.8, 4) is 0 Å². The zero-order chi connectivity index (χ0) is 17.8. The quantitative estimate of drug-likeness (QED) is 0.842. The van der Waals surface area contributed by atoms with E-state index in [4.69, 9.17) is 5.11 Å². The average molecular weight is 350 g/mol. The predicted octanol–water partition coefficient (Wildman–Crippen LogP) is 2.13. The third-order valence-corrected chi connectivity index (χ3v) is 6.23. The molecule has 0 aromatic carbocycles. The minimum absolute atomic E-state index is 0.0915. The van der Waals surface area contributed by atoms with Crippen molar-refractivity contribution in [2.75, 3.05) is 26.2 Å². The van der Waals surface area contributed by atoms with Gasteiger partial charge in [0.25, 0.3) is 0 Å². The number of carbonyl (C=O) groups is 3. The maximum atomic E-state index is 12.7. The number of rotatable bonds is 4. The fourth-order valence-corrected chi connectivity index (χ4v) is 4.67. The van der Waals surface area contributed by atoms with Crippen LogP contribution in [0, 0.1) is 17.8 Å². The van der Waals surface area contributed by atoms with E-state index in [9.17, 15) is 14.4 Å². The van der Waals surface area contributed by atoms with Gasteiger partial charge in [0.15, 0.2) is 0 Å². The van der Waals surface area contributed by atoms with Gasteiger partial charge in [-0.3, -0.25) is 14.4 Å². The molecule has 1 N–H and O–H groups in total. The molecule has 0 unspecified atom stereocenters. The van der Waals surface area contributed by atoms with Crippen molar-refractivity contribution in [3.63, 3.8) is 0 Å². The van der Waals surface area contributed by atoms with Crippen molar-refractivity contribution in [1.82, 2.24) is 9.80 Å². The molecule has 2 amide bonds. The molecule has 2 aliphatic carbocycles. The van der Waals surface area contributed by atoms with E-state index in [1.165, 1.54) is 25.7 Å². The van der Waals surface area contributed by atoms with Gasteiger partial charge in [-0.1, -0.05) is 12.8 Å². The van der Waals surface area contributed by atoms with Gasteiger partial charge in [0.05, 0.1) is 5.92 Å². The van der Waals surface area contributed by atoms with E-state index in [1.807, 2.05) is 9.80 Å². The second-order valence-corrected chi connectivity index (χ2v) is 7.96. The predicted molar refractivity (Wildman–Crippen MR) is 92.8 cm³/mol. The summed E-state index contributed by atoms with van der Waals surface area (Å²) in [4.78, 5) is 40.1. The molecule has 0 bridgehead atoms. The first-order valence-corrected chi connectivity index (χ1v) is 9.84. The summed E-state index contributed by atoms with van der Waals surface area (Å²) in [6, 6.07) is 0. The molecule has 0 radical (unpaired) electrons. The van der Waals surface area contributed by atoms with Crippen LogP contribution in [-0.2, 0) is 14.4 Å². The molecular formula is C19H30N2O4. The topological polar surface area (TPSA) is 77.9 Å². The molecule has 6 heteroatoms. The third-order valence-electron chi connectivity index (χ3n) is 6.23. The molecule has 0 aromatic rings. The Hall–Kier alpha value is -1.59. The molecule has 0 spiro atoms. The number of carboxylic acids is 1. The highest BCUT2D eigenvalue weighted by Crippen LogP contribution is 2.33. The molecule has 1 aliphatic heterocycles. The number of amides is 2. The van der Waals surface area contributed by atoms with Crippen LogP contribution in [-0.4, -0.2) is 58.9 Å². The minimum Gasteiger partial charge on any atom is -0.481 e. The number of carbonyl (C=O) groups excluding carboxylic acids is 2. The van der Waals surface area contributed by atoms with E-state index >= 15 is 0 Å². The first-order chi connectivity index (χ1) is 12.0. The molecule has 25 heavy (non-hydrogen) atoms. The van der Waals surface area contributed by atoms with E-state index < -0.39 is 5.97 Å². The molecule has 0 aromatic heterocycles. The van der Waals surface area contributed by atoms with E-state index in [0.29, 0.717) is 51.2 Å². The van der Waals surface area contributed by atoms with Crippen molar-refractivity contribution in [2.45, 2.75) is 57.8 Å². The lowest BCUT2D eigenvalue weighted by Gasteiger charge is -2.25. The SMILES string of the molecule is O=C(O)[C@@H]1CC[C@H](C(=O)N2CCCN(C(=O)CC3CCCC3)CC2)C1. The van der Waals surface area contributed by atoms with Gasteiger partial charge in [-0.2, -0.15) is 0 Å². The highest BCUT2D eigenvalue weighted by molar-refractivity contribution is 5.81. The zero-order valence-electron chi connectivity index (χ0n) is 15.0. The summed E-state index contributed by atoms with van der Waals surface area (Å²) < 4.78 is 0. The van der Waals surface area contributed by atoms with E-state index in [-0.39, 0.29) is 23.7 Å². The molecule has 1 heterocycles. The highest BCUT2D eigenvalue weighted by Gasteiger charge is 2.36. The maximum absolute atomic E-state index is 12.7. The smallest absolute Gasteiger partial charge is 0.306 e. The van der Waals surface area contributed by atoms with Crippen LogP contribution in [0.15, 0.2) is 0 Å². The lowest BCUT2D eigenvalue weighted by molar-refractivity contribution is -0.142. The Kier molecular flexibility index (Phi) is 5.97. The van der Waals surface area contributed by atoms with Gasteiger partial charge in [0.1, 0.15) is 0 Å². The van der Waals surface area contributed by atoms with Gasteiger partial charge in [-0.15, -0.1) is 0 Å². The third kappa shape index (κ3) is 4.53. The standard InChI is InChI=1S/C19H30N2O4/c22-17(12-14-4-1-2-5-14)20-8-3-9-21(11-10-20)18(23)15-6-7-16(13-15)19(24)25/h14-16H,1-13H2,(H,24,25)/t15-,16+/m0/s1. The van der Waals surface area contributed by atoms with Crippen molar-refractivity contribution in [3.05, 3.63) is 0 Å². The van der Waals surface area contributed by atoms with Crippen LogP contribution in [0.3, 0.4) is 0 Å². The molecular weight excluding hydrogens is 320 g/mol. The number of hydrogen-bond donors (Lipinski definition) is 1. The molecule has 3 aliphatic rings. The highest BCUT2D eigenvalue weighted by atomic mass is 16.4. The zero-order valence-corrected chi connectivity index (χ0v) is 15.0. The lowest BCUT2D eigenvalue weighted by Crippen LogP contribution is -2.39. The first-order valence-electron chi connectivity index (χ1n) is 9.84. The normalized spacial score (nSPS) is 28.2. The summed E-state index contributed by atoms with van der Waals surface area (Å²) in [5.41, 5.74) is 0. The molecule has 1 saturated heterocycles. The van der Waals surface area contributed by atoms with Crippen LogP contribution in [0.4, 0.5) is 0 Å². The van der Waals surface area contributed by atoms with Crippen molar-refractivity contribution in [1.29, 1.82) is 0 Å². The summed E-state index contributed by atoms with van der Waals surface area (Å²) in [6.45, 7) is 2.62. The van der Waals surface area contributed by atoms with E-state index in [2.05, 4.69) is 0 Å². The summed E-state index contributed by atoms with van der Waals surface area (Å²) in [6.07, 6.45) is 8.08. The van der Waals surface area contributed by atoms with Gasteiger partial charge in [-0.25, -0.2) is 0 Å². The second kappa shape index (κ2) is 8.19. The van der Waals surface area contributed by atoms with Gasteiger partial charge < -0.3 is 14.9 Å². The fraction of sp³-hybridized carbons (Fsp3) is 0.842. The Bertz CT molecular complexity index is 516. The second-order valence-electron chi connectivity index (χ2n) is 7.96. The lowest BCUT2D eigenvalue weighted by atomic mass is 10.0. The molecule has 3 fully saturated rings. The molecule has 3 rings (SSSR count). The van der Waals surface area contributed by atoms with E-state index in [1.54, 1.807) is 0 Å². The Morgan fingerprint density at radius 2 is 1.44 bits per heavy atom. The molecule has 140 valence electrons. The van der Waals surface area contributed by atoms with Crippen molar-refractivity contribution in [2.24, 2.45) is 17.8 Å². The maximum Gasteiger partial charge on any atom is 0.306 e. The van der Waals surface area contributed by atoms with Gasteiger partial charge in [-0.05, 0) is 44.4 Å². The Morgan fingerprint density at radius 1 is 0.800 bits per heavy atom. The van der Waals surface area contributed by atoms with Crippen LogP contribution in [0.1, 0.15) is 57.8 Å². The van der Waals surface area contributed by atoms with Gasteiger partial charge in [0.2, 0.25) is 11.8 Å². The number of hydrogen-bond acceptors (Lipinski definition) is 3. The van der Waals surface area contributed by atoms with Crippen LogP contribution in [0.2, 0.25) is 0 Å². The van der Waals surface area contributed by atoms with Crippen molar-refractivity contribution < 1.29 is 19.5 Å². The van der Waals surface area contributed by atoms with Gasteiger partial charge in [0, 0.05) is 38.5 Å². The largest absolute Gasteiger partial charge is 0.481 e. The molecule has 2 saturated carbocycles. The molecule has 2 atom stereocenters. The summed E-state index contributed by atoms with van der Waals surface area (Å²) in [5, 5.41) is 9.11. The first kappa shape index (κ1) is 18.2. The Labute approximate surface area is 149 Å². The number of carboxylic acid groups (broad SMARTS) is 1. The summed E-state index contributed by atoms with van der Waals surface area (Å²) >= 11 is 0. The fourth-order valence-electron chi connectivity index (χ4n) is 4.67. The molecule has 6 nitrogen and oxygen atoms in total. The van der Waals surface area contributed by atoms with Crippen LogP contribution in [0.5, 0.6) is 0 Å². The van der Waals surface area contributed by atoms with Crippen LogP contribution in [0.25, 0.3) is 0 Å².